The van der Waals surface area contributed by atoms with Gasteiger partial charge in [0, 0.05) is 24.6 Å². The van der Waals surface area contributed by atoms with Gasteiger partial charge >= 0.3 is 0 Å². The van der Waals surface area contributed by atoms with Crippen molar-refractivity contribution in [1.82, 2.24) is 14.3 Å². The molecule has 0 atom stereocenters. The lowest BCUT2D eigenvalue weighted by Crippen LogP contribution is -2.24. The summed E-state index contributed by atoms with van der Waals surface area (Å²) in [4.78, 5) is 4.19. The van der Waals surface area contributed by atoms with Crippen LogP contribution in [0.4, 0.5) is 0 Å². The second-order valence-electron chi connectivity index (χ2n) is 5.84. The summed E-state index contributed by atoms with van der Waals surface area (Å²) >= 11 is 11.8. The van der Waals surface area contributed by atoms with E-state index in [-0.39, 0.29) is 12.3 Å². The SMILES string of the molecule is Cc1nccn1-c1ccc(CNS(=O)(=O)Cc2ccc(Cl)c(Cl)c2)cc1. The third kappa shape index (κ3) is 4.65. The molecule has 3 rings (SSSR count). The number of rotatable bonds is 6. The number of hydrogen-bond donors (Lipinski definition) is 1. The fourth-order valence-corrected chi connectivity index (χ4v) is 3.95. The molecule has 0 aliphatic heterocycles. The second kappa shape index (κ2) is 7.80. The molecule has 5 nitrogen and oxygen atoms in total. The van der Waals surface area contributed by atoms with Crippen molar-refractivity contribution in [2.45, 2.75) is 19.2 Å². The Kier molecular flexibility index (Phi) is 5.67. The number of nitrogens with zero attached hydrogens (tertiary/aromatic N) is 2. The molecule has 0 aliphatic carbocycles. The lowest BCUT2D eigenvalue weighted by molar-refractivity contribution is 0.580. The molecule has 0 saturated heterocycles. The van der Waals surface area contributed by atoms with Crippen LogP contribution in [0.15, 0.2) is 54.9 Å². The number of halogens is 2. The third-order valence-corrected chi connectivity index (χ3v) is 5.91. The van der Waals surface area contributed by atoms with Crippen LogP contribution in [-0.4, -0.2) is 18.0 Å². The summed E-state index contributed by atoms with van der Waals surface area (Å²) in [6.45, 7) is 2.14. The molecule has 26 heavy (non-hydrogen) atoms. The summed E-state index contributed by atoms with van der Waals surface area (Å²) in [5.74, 6) is 0.732. The molecule has 2 aromatic carbocycles. The molecule has 0 fully saturated rings. The summed E-state index contributed by atoms with van der Waals surface area (Å²) < 4.78 is 29.1. The van der Waals surface area contributed by atoms with Gasteiger partial charge in [-0.1, -0.05) is 41.4 Å². The largest absolute Gasteiger partial charge is 0.304 e. The summed E-state index contributed by atoms with van der Waals surface area (Å²) in [5.41, 5.74) is 2.42. The summed E-state index contributed by atoms with van der Waals surface area (Å²) in [7, 11) is -3.49. The van der Waals surface area contributed by atoms with Gasteiger partial charge in [-0.25, -0.2) is 18.1 Å². The fourth-order valence-electron chi connectivity index (χ4n) is 2.52. The Hall–Kier alpha value is -1.86. The van der Waals surface area contributed by atoms with Gasteiger partial charge in [-0.2, -0.15) is 0 Å². The van der Waals surface area contributed by atoms with Crippen molar-refractivity contribution >= 4 is 33.2 Å². The zero-order valence-corrected chi connectivity index (χ0v) is 16.3. The minimum atomic E-state index is -3.49. The first-order chi connectivity index (χ1) is 12.3. The molecule has 8 heteroatoms. The van der Waals surface area contributed by atoms with Crippen LogP contribution in [0, 0.1) is 6.92 Å². The topological polar surface area (TPSA) is 64.0 Å². The van der Waals surface area contributed by atoms with E-state index in [2.05, 4.69) is 9.71 Å². The molecule has 0 unspecified atom stereocenters. The Morgan fingerprint density at radius 3 is 2.35 bits per heavy atom. The van der Waals surface area contributed by atoms with Gasteiger partial charge in [0.25, 0.3) is 0 Å². The van der Waals surface area contributed by atoms with Crippen molar-refractivity contribution in [3.63, 3.8) is 0 Å². The van der Waals surface area contributed by atoms with Crippen LogP contribution in [0.1, 0.15) is 17.0 Å². The Balaban J connectivity index is 1.64. The molecule has 0 amide bonds. The molecule has 3 aromatic rings. The molecule has 1 N–H and O–H groups in total. The predicted molar refractivity (Wildman–Crippen MR) is 104 cm³/mol. The van der Waals surface area contributed by atoms with Crippen molar-refractivity contribution < 1.29 is 8.42 Å². The van der Waals surface area contributed by atoms with Crippen LogP contribution < -0.4 is 4.72 Å². The van der Waals surface area contributed by atoms with Crippen LogP contribution in [0.2, 0.25) is 10.0 Å². The lowest BCUT2D eigenvalue weighted by Gasteiger charge is -2.09. The first kappa shape index (κ1) is 18.9. The molecule has 1 heterocycles. The highest BCUT2D eigenvalue weighted by Crippen LogP contribution is 2.23. The van der Waals surface area contributed by atoms with Gasteiger partial charge in [0.1, 0.15) is 5.82 Å². The maximum atomic E-state index is 12.3. The van der Waals surface area contributed by atoms with Gasteiger partial charge in [-0.15, -0.1) is 0 Å². The molecule has 136 valence electrons. The smallest absolute Gasteiger partial charge is 0.216 e. The van der Waals surface area contributed by atoms with E-state index in [0.717, 1.165) is 17.1 Å². The average Bonchev–Trinajstić information content (AvgIpc) is 3.03. The van der Waals surface area contributed by atoms with E-state index in [9.17, 15) is 8.42 Å². The molecule has 0 radical (unpaired) electrons. The predicted octanol–water partition coefficient (Wildman–Crippen LogP) is 4.11. The lowest BCUT2D eigenvalue weighted by atomic mass is 10.2. The summed E-state index contributed by atoms with van der Waals surface area (Å²) in [6, 6.07) is 12.4. The highest BCUT2D eigenvalue weighted by Gasteiger charge is 2.12. The number of aryl methyl sites for hydroxylation is 1. The average molecular weight is 410 g/mol. The minimum Gasteiger partial charge on any atom is -0.304 e. The van der Waals surface area contributed by atoms with E-state index in [4.69, 9.17) is 23.2 Å². The van der Waals surface area contributed by atoms with Gasteiger partial charge in [0.2, 0.25) is 10.0 Å². The Morgan fingerprint density at radius 1 is 1.04 bits per heavy atom. The highest BCUT2D eigenvalue weighted by molar-refractivity contribution is 7.88. The van der Waals surface area contributed by atoms with Crippen LogP contribution in [0.5, 0.6) is 0 Å². The van der Waals surface area contributed by atoms with Gasteiger partial charge in [-0.3, -0.25) is 0 Å². The van der Waals surface area contributed by atoms with E-state index in [1.165, 1.54) is 0 Å². The standard InChI is InChI=1S/C18H17Cl2N3O2S/c1-13-21-8-9-23(13)16-5-2-14(3-6-16)11-22-26(24,25)12-15-4-7-17(19)18(20)10-15/h2-10,22H,11-12H2,1H3. The van der Waals surface area contributed by atoms with Crippen molar-refractivity contribution in [3.05, 3.63) is 81.9 Å². The highest BCUT2D eigenvalue weighted by atomic mass is 35.5. The molecule has 0 aliphatic rings. The number of imidazole rings is 1. The quantitative estimate of drug-likeness (QED) is 0.665. The molecule has 1 aromatic heterocycles. The number of nitrogens with one attached hydrogen (secondary N) is 1. The van der Waals surface area contributed by atoms with Gasteiger partial charge in [0.15, 0.2) is 0 Å². The maximum Gasteiger partial charge on any atom is 0.216 e. The second-order valence-corrected chi connectivity index (χ2v) is 8.46. The van der Waals surface area contributed by atoms with E-state index in [0.29, 0.717) is 15.6 Å². The number of benzene rings is 2. The first-order valence-electron chi connectivity index (χ1n) is 7.84. The molecular weight excluding hydrogens is 393 g/mol. The number of aromatic nitrogens is 2. The van der Waals surface area contributed by atoms with E-state index in [1.807, 2.05) is 42.0 Å². The Labute approximate surface area is 162 Å². The molecular formula is C18H17Cl2N3O2S. The molecule has 0 saturated carbocycles. The van der Waals surface area contributed by atoms with Gasteiger partial charge in [-0.05, 0) is 42.3 Å². The summed E-state index contributed by atoms with van der Waals surface area (Å²) in [6.07, 6.45) is 3.62. The maximum absolute atomic E-state index is 12.3. The number of hydrogen-bond acceptors (Lipinski definition) is 3. The number of sulfonamides is 1. The first-order valence-corrected chi connectivity index (χ1v) is 10.3. The Bertz CT molecular complexity index is 1020. The van der Waals surface area contributed by atoms with E-state index >= 15 is 0 Å². The van der Waals surface area contributed by atoms with Crippen molar-refractivity contribution in [1.29, 1.82) is 0 Å². The zero-order chi connectivity index (χ0) is 18.7. The van der Waals surface area contributed by atoms with Crippen LogP contribution in [0.25, 0.3) is 5.69 Å². The summed E-state index contributed by atoms with van der Waals surface area (Å²) in [5, 5.41) is 0.735. The monoisotopic (exact) mass is 409 g/mol. The molecule has 0 spiro atoms. The van der Waals surface area contributed by atoms with E-state index < -0.39 is 10.0 Å². The van der Waals surface area contributed by atoms with Crippen LogP contribution >= 0.6 is 23.2 Å². The molecule has 0 bridgehead atoms. The third-order valence-electron chi connectivity index (χ3n) is 3.88. The van der Waals surface area contributed by atoms with E-state index in [1.54, 1.807) is 24.4 Å². The van der Waals surface area contributed by atoms with Gasteiger partial charge in [0.05, 0.1) is 15.8 Å². The van der Waals surface area contributed by atoms with Gasteiger partial charge < -0.3 is 4.57 Å². The van der Waals surface area contributed by atoms with Crippen molar-refractivity contribution in [3.8, 4) is 5.69 Å². The fraction of sp³-hybridized carbons (Fsp3) is 0.167. The normalized spacial score (nSPS) is 11.7. The zero-order valence-electron chi connectivity index (χ0n) is 14.0. The van der Waals surface area contributed by atoms with Crippen LogP contribution in [0.3, 0.4) is 0 Å². The van der Waals surface area contributed by atoms with Crippen LogP contribution in [-0.2, 0) is 22.3 Å². The Morgan fingerprint density at radius 2 is 1.73 bits per heavy atom. The van der Waals surface area contributed by atoms with Crippen molar-refractivity contribution in [2.24, 2.45) is 0 Å². The van der Waals surface area contributed by atoms with Crippen molar-refractivity contribution in [2.75, 3.05) is 0 Å². The minimum absolute atomic E-state index is 0.157.